The number of nitrogens with zero attached hydrogens (tertiary/aromatic N) is 2. The van der Waals surface area contributed by atoms with Crippen LogP contribution in [0.4, 0.5) is 11.6 Å². The molecule has 0 aliphatic carbocycles. The minimum atomic E-state index is -0.528. The van der Waals surface area contributed by atoms with Crippen LogP contribution < -0.4 is 21.9 Å². The molecule has 1 heterocycles. The molecule has 0 unspecified atom stereocenters. The number of nitrogens with two attached hydrogens (primary N) is 1. The second-order valence-corrected chi connectivity index (χ2v) is 5.26. The maximum Gasteiger partial charge on any atom is 0.227 e. The van der Waals surface area contributed by atoms with Gasteiger partial charge in [-0.15, -0.1) is 0 Å². The SMILES string of the molecule is CCCc1c(NN)ncnc1NCC(C)(C)C(=O)NC. The first-order valence-electron chi connectivity index (χ1n) is 6.72. The van der Waals surface area contributed by atoms with Gasteiger partial charge in [0.25, 0.3) is 0 Å². The molecule has 7 nitrogen and oxygen atoms in total. The Labute approximate surface area is 119 Å². The third kappa shape index (κ3) is 3.80. The van der Waals surface area contributed by atoms with Crippen molar-refractivity contribution in [1.29, 1.82) is 0 Å². The maximum absolute atomic E-state index is 11.8. The summed E-state index contributed by atoms with van der Waals surface area (Å²) in [7, 11) is 1.63. The molecule has 0 aliphatic rings. The number of anilines is 2. The summed E-state index contributed by atoms with van der Waals surface area (Å²) in [5, 5.41) is 5.88. The van der Waals surface area contributed by atoms with Crippen LogP contribution in [0.3, 0.4) is 0 Å². The highest BCUT2D eigenvalue weighted by Gasteiger charge is 2.26. The minimum absolute atomic E-state index is 0.0201. The first kappa shape index (κ1) is 16.2. The molecule has 1 aromatic heterocycles. The highest BCUT2D eigenvalue weighted by atomic mass is 16.2. The number of aromatic nitrogens is 2. The minimum Gasteiger partial charge on any atom is -0.369 e. The number of hydrogen-bond acceptors (Lipinski definition) is 6. The monoisotopic (exact) mass is 280 g/mol. The Morgan fingerprint density at radius 3 is 2.55 bits per heavy atom. The quantitative estimate of drug-likeness (QED) is 0.437. The number of hydrazine groups is 1. The molecule has 1 rings (SSSR count). The standard InChI is InChI=1S/C13H24N6O/c1-5-6-9-10(17-8-18-11(9)19-14)16-7-13(2,3)12(20)15-4/h8H,5-7,14H2,1-4H3,(H,15,20)(H2,16,17,18,19). The summed E-state index contributed by atoms with van der Waals surface area (Å²) in [5.74, 6) is 6.78. The van der Waals surface area contributed by atoms with Crippen LogP contribution in [0.2, 0.25) is 0 Å². The highest BCUT2D eigenvalue weighted by Crippen LogP contribution is 2.23. The third-order valence-electron chi connectivity index (χ3n) is 3.12. The highest BCUT2D eigenvalue weighted by molar-refractivity contribution is 5.82. The van der Waals surface area contributed by atoms with E-state index in [2.05, 4.69) is 33.0 Å². The fourth-order valence-electron chi connectivity index (χ4n) is 1.90. The maximum atomic E-state index is 11.8. The number of rotatable bonds is 7. The van der Waals surface area contributed by atoms with Gasteiger partial charge in [0.2, 0.25) is 5.91 Å². The summed E-state index contributed by atoms with van der Waals surface area (Å²) in [5.41, 5.74) is 2.99. The molecule has 112 valence electrons. The smallest absolute Gasteiger partial charge is 0.227 e. The van der Waals surface area contributed by atoms with E-state index in [4.69, 9.17) is 5.84 Å². The Morgan fingerprint density at radius 1 is 1.35 bits per heavy atom. The van der Waals surface area contributed by atoms with Gasteiger partial charge >= 0.3 is 0 Å². The molecule has 5 N–H and O–H groups in total. The Hall–Kier alpha value is -1.89. The molecule has 0 fully saturated rings. The predicted molar refractivity (Wildman–Crippen MR) is 80.2 cm³/mol. The number of nitrogen functional groups attached to an aromatic ring is 1. The zero-order valence-corrected chi connectivity index (χ0v) is 12.6. The first-order chi connectivity index (χ1) is 9.46. The Balaban J connectivity index is 2.89. The number of nitrogens with one attached hydrogen (secondary N) is 3. The van der Waals surface area contributed by atoms with Crippen LogP contribution >= 0.6 is 0 Å². The zero-order valence-electron chi connectivity index (χ0n) is 12.6. The summed E-state index contributed by atoms with van der Waals surface area (Å²) in [6, 6.07) is 0. The molecular formula is C13H24N6O. The van der Waals surface area contributed by atoms with Crippen LogP contribution in [-0.2, 0) is 11.2 Å². The lowest BCUT2D eigenvalue weighted by Gasteiger charge is -2.24. The van der Waals surface area contributed by atoms with Crippen LogP contribution in [0.5, 0.6) is 0 Å². The molecule has 0 bridgehead atoms. The molecule has 0 saturated carbocycles. The lowest BCUT2D eigenvalue weighted by molar-refractivity contribution is -0.128. The second kappa shape index (κ2) is 7.04. The molecule has 7 heteroatoms. The lowest BCUT2D eigenvalue weighted by atomic mass is 9.92. The summed E-state index contributed by atoms with van der Waals surface area (Å²) < 4.78 is 0. The van der Waals surface area contributed by atoms with Crippen molar-refractivity contribution in [3.8, 4) is 0 Å². The number of carbonyl (C=O) groups is 1. The van der Waals surface area contributed by atoms with Gasteiger partial charge in [-0.3, -0.25) is 4.79 Å². The lowest BCUT2D eigenvalue weighted by Crippen LogP contribution is -2.39. The van der Waals surface area contributed by atoms with Gasteiger partial charge in [0.05, 0.1) is 5.41 Å². The average molecular weight is 280 g/mol. The van der Waals surface area contributed by atoms with E-state index in [1.165, 1.54) is 6.33 Å². The van der Waals surface area contributed by atoms with Gasteiger partial charge in [-0.2, -0.15) is 0 Å². The van der Waals surface area contributed by atoms with E-state index in [0.717, 1.165) is 18.4 Å². The van der Waals surface area contributed by atoms with E-state index in [0.29, 0.717) is 18.2 Å². The fraction of sp³-hybridized carbons (Fsp3) is 0.615. The Bertz CT molecular complexity index is 460. The summed E-state index contributed by atoms with van der Waals surface area (Å²) in [6.07, 6.45) is 3.21. The molecular weight excluding hydrogens is 256 g/mol. The van der Waals surface area contributed by atoms with E-state index in [-0.39, 0.29) is 5.91 Å². The van der Waals surface area contributed by atoms with Crippen LogP contribution in [0.15, 0.2) is 6.33 Å². The van der Waals surface area contributed by atoms with Crippen molar-refractivity contribution in [2.75, 3.05) is 24.3 Å². The molecule has 1 amide bonds. The predicted octanol–water partition coefficient (Wildman–Crippen LogP) is 0.899. The molecule has 0 radical (unpaired) electrons. The average Bonchev–Trinajstić information content (AvgIpc) is 2.45. The second-order valence-electron chi connectivity index (χ2n) is 5.26. The van der Waals surface area contributed by atoms with Crippen LogP contribution in [0, 0.1) is 5.41 Å². The normalized spacial score (nSPS) is 11.1. The molecule has 20 heavy (non-hydrogen) atoms. The van der Waals surface area contributed by atoms with Gasteiger partial charge in [-0.1, -0.05) is 13.3 Å². The third-order valence-corrected chi connectivity index (χ3v) is 3.12. The van der Waals surface area contributed by atoms with Crippen molar-refractivity contribution in [2.45, 2.75) is 33.6 Å². The molecule has 0 spiro atoms. The molecule has 0 atom stereocenters. The van der Waals surface area contributed by atoms with Gasteiger partial charge in [-0.25, -0.2) is 15.8 Å². The summed E-state index contributed by atoms with van der Waals surface area (Å²) >= 11 is 0. The van der Waals surface area contributed by atoms with Gasteiger partial charge in [0.1, 0.15) is 18.0 Å². The number of carbonyl (C=O) groups excluding carboxylic acids is 1. The number of amides is 1. The van der Waals surface area contributed by atoms with Crippen molar-refractivity contribution in [2.24, 2.45) is 11.3 Å². The number of hydrogen-bond donors (Lipinski definition) is 4. The van der Waals surface area contributed by atoms with E-state index in [1.807, 2.05) is 13.8 Å². The van der Waals surface area contributed by atoms with Gasteiger partial charge in [0.15, 0.2) is 0 Å². The van der Waals surface area contributed by atoms with E-state index >= 15 is 0 Å². The van der Waals surface area contributed by atoms with Crippen molar-refractivity contribution in [1.82, 2.24) is 15.3 Å². The Kier molecular flexibility index (Phi) is 5.69. The van der Waals surface area contributed by atoms with Gasteiger partial charge in [0, 0.05) is 19.2 Å². The van der Waals surface area contributed by atoms with E-state index in [9.17, 15) is 4.79 Å². The van der Waals surface area contributed by atoms with Crippen LogP contribution in [-0.4, -0.2) is 29.5 Å². The molecule has 0 aliphatic heterocycles. The van der Waals surface area contributed by atoms with Crippen LogP contribution in [0.25, 0.3) is 0 Å². The van der Waals surface area contributed by atoms with E-state index in [1.54, 1.807) is 7.05 Å². The molecule has 0 aromatic carbocycles. The largest absolute Gasteiger partial charge is 0.369 e. The fourth-order valence-corrected chi connectivity index (χ4v) is 1.90. The van der Waals surface area contributed by atoms with Gasteiger partial charge in [-0.05, 0) is 20.3 Å². The van der Waals surface area contributed by atoms with Crippen molar-refractivity contribution < 1.29 is 4.79 Å². The zero-order chi connectivity index (χ0) is 15.2. The molecule has 1 aromatic rings. The van der Waals surface area contributed by atoms with Crippen molar-refractivity contribution in [3.63, 3.8) is 0 Å². The van der Waals surface area contributed by atoms with Crippen LogP contribution in [0.1, 0.15) is 32.8 Å². The van der Waals surface area contributed by atoms with Gasteiger partial charge < -0.3 is 16.1 Å². The molecule has 0 saturated heterocycles. The topological polar surface area (TPSA) is 105 Å². The summed E-state index contributed by atoms with van der Waals surface area (Å²) in [6.45, 7) is 6.30. The first-order valence-corrected chi connectivity index (χ1v) is 6.72. The summed E-state index contributed by atoms with van der Waals surface area (Å²) in [4.78, 5) is 20.1. The van der Waals surface area contributed by atoms with Crippen molar-refractivity contribution >= 4 is 17.5 Å². The Morgan fingerprint density at radius 2 is 2.00 bits per heavy atom. The van der Waals surface area contributed by atoms with Crippen molar-refractivity contribution in [3.05, 3.63) is 11.9 Å². The van der Waals surface area contributed by atoms with E-state index < -0.39 is 5.41 Å².